The van der Waals surface area contributed by atoms with Crippen LogP contribution in [0.1, 0.15) is 32.6 Å². The normalized spacial score (nSPS) is 22.0. The molecule has 2 aliphatic heterocycles. The molecule has 1 fully saturated rings. The Labute approximate surface area is 157 Å². The second-order valence-corrected chi connectivity index (χ2v) is 6.96. The van der Waals surface area contributed by atoms with E-state index in [-0.39, 0.29) is 43.1 Å². The van der Waals surface area contributed by atoms with Crippen molar-refractivity contribution < 1.29 is 24.3 Å². The Kier molecular flexibility index (Phi) is 5.43. The van der Waals surface area contributed by atoms with Gasteiger partial charge in [0.05, 0.1) is 17.3 Å². The number of carboxylic acid groups (broad SMARTS) is 1. The Morgan fingerprint density at radius 2 is 1.89 bits per heavy atom. The molecule has 2 N–H and O–H groups in total. The van der Waals surface area contributed by atoms with E-state index in [0.717, 1.165) is 0 Å². The quantitative estimate of drug-likeness (QED) is 0.831. The van der Waals surface area contributed by atoms with Crippen LogP contribution in [0.3, 0.4) is 0 Å². The number of amides is 3. The molecule has 8 heteroatoms. The molecule has 0 bridgehead atoms. The minimum atomic E-state index is -0.896. The first-order valence-corrected chi connectivity index (χ1v) is 9.10. The van der Waals surface area contributed by atoms with Crippen molar-refractivity contribution in [3.8, 4) is 0 Å². The molecule has 3 rings (SSSR count). The maximum absolute atomic E-state index is 12.6. The second kappa shape index (κ2) is 7.77. The van der Waals surface area contributed by atoms with Gasteiger partial charge >= 0.3 is 5.97 Å². The molecule has 0 saturated carbocycles. The standard InChI is InChI=1S/C19H23N3O5/c1-12-13(19(26)27)5-4-10-21(12)17(24)8-9-18(25)22-11-16(23)20-14-6-2-3-7-15(14)22/h2-3,6-7,12-13H,4-5,8-11H2,1H3,(H,20,23)(H,26,27)/t12-,13-/m1/s1. The lowest BCUT2D eigenvalue weighted by Gasteiger charge is -2.37. The Bertz CT molecular complexity index is 778. The highest BCUT2D eigenvalue weighted by Gasteiger charge is 2.35. The number of para-hydroxylation sites is 2. The fourth-order valence-electron chi connectivity index (χ4n) is 3.77. The number of rotatable bonds is 4. The maximum atomic E-state index is 12.6. The predicted octanol–water partition coefficient (Wildman–Crippen LogP) is 1.46. The predicted molar refractivity (Wildman–Crippen MR) is 98.2 cm³/mol. The molecule has 1 aromatic rings. The lowest BCUT2D eigenvalue weighted by molar-refractivity contribution is -0.149. The molecule has 0 spiro atoms. The molecule has 0 aromatic heterocycles. The average Bonchev–Trinajstić information content (AvgIpc) is 2.65. The van der Waals surface area contributed by atoms with E-state index in [9.17, 15) is 24.3 Å². The van der Waals surface area contributed by atoms with Crippen molar-refractivity contribution in [1.29, 1.82) is 0 Å². The van der Waals surface area contributed by atoms with E-state index in [1.165, 1.54) is 4.90 Å². The topological polar surface area (TPSA) is 107 Å². The average molecular weight is 373 g/mol. The van der Waals surface area contributed by atoms with Crippen LogP contribution in [-0.4, -0.2) is 52.8 Å². The lowest BCUT2D eigenvalue weighted by atomic mass is 9.90. The number of hydrogen-bond donors (Lipinski definition) is 2. The smallest absolute Gasteiger partial charge is 0.308 e. The van der Waals surface area contributed by atoms with Crippen LogP contribution in [-0.2, 0) is 19.2 Å². The monoisotopic (exact) mass is 373 g/mol. The summed E-state index contributed by atoms with van der Waals surface area (Å²) in [5.41, 5.74) is 1.19. The van der Waals surface area contributed by atoms with Gasteiger partial charge in [-0.15, -0.1) is 0 Å². The van der Waals surface area contributed by atoms with Gasteiger partial charge in [-0.1, -0.05) is 12.1 Å². The Balaban J connectivity index is 1.63. The van der Waals surface area contributed by atoms with Crippen LogP contribution in [0.2, 0.25) is 0 Å². The summed E-state index contributed by atoms with van der Waals surface area (Å²) < 4.78 is 0. The van der Waals surface area contributed by atoms with Gasteiger partial charge in [-0.05, 0) is 31.9 Å². The number of carboxylic acids is 1. The number of fused-ring (bicyclic) bond motifs is 1. The molecule has 8 nitrogen and oxygen atoms in total. The molecule has 144 valence electrons. The third-order valence-electron chi connectivity index (χ3n) is 5.25. The molecule has 27 heavy (non-hydrogen) atoms. The van der Waals surface area contributed by atoms with Gasteiger partial charge in [0, 0.05) is 25.4 Å². The van der Waals surface area contributed by atoms with E-state index in [4.69, 9.17) is 0 Å². The van der Waals surface area contributed by atoms with Gasteiger partial charge in [-0.25, -0.2) is 0 Å². The highest BCUT2D eigenvalue weighted by Crippen LogP contribution is 2.30. The summed E-state index contributed by atoms with van der Waals surface area (Å²) >= 11 is 0. The molecular formula is C19H23N3O5. The molecule has 1 saturated heterocycles. The second-order valence-electron chi connectivity index (χ2n) is 6.96. The molecule has 0 radical (unpaired) electrons. The van der Waals surface area contributed by atoms with Gasteiger partial charge in [0.2, 0.25) is 17.7 Å². The van der Waals surface area contributed by atoms with Crippen molar-refractivity contribution in [3.63, 3.8) is 0 Å². The number of nitrogens with one attached hydrogen (secondary N) is 1. The number of carbonyl (C=O) groups is 4. The van der Waals surface area contributed by atoms with E-state index in [1.54, 1.807) is 36.1 Å². The SMILES string of the molecule is C[C@@H]1[C@H](C(=O)O)CCCN1C(=O)CCC(=O)N1CC(=O)Nc2ccccc21. The molecule has 2 aliphatic rings. The summed E-state index contributed by atoms with van der Waals surface area (Å²) in [5.74, 6) is -2.27. The van der Waals surface area contributed by atoms with Gasteiger partial charge in [0.15, 0.2) is 0 Å². The number of carbonyl (C=O) groups excluding carboxylic acids is 3. The number of anilines is 2. The molecular weight excluding hydrogens is 350 g/mol. The van der Waals surface area contributed by atoms with Crippen molar-refractivity contribution in [2.45, 2.75) is 38.6 Å². The zero-order chi connectivity index (χ0) is 19.6. The number of hydrogen-bond acceptors (Lipinski definition) is 4. The fraction of sp³-hybridized carbons (Fsp3) is 0.474. The summed E-state index contributed by atoms with van der Waals surface area (Å²) in [5, 5.41) is 12.0. The summed E-state index contributed by atoms with van der Waals surface area (Å²) in [6, 6.07) is 6.63. The summed E-state index contributed by atoms with van der Waals surface area (Å²) in [7, 11) is 0. The van der Waals surface area contributed by atoms with Gasteiger partial charge in [0.1, 0.15) is 6.54 Å². The summed E-state index contributed by atoms with van der Waals surface area (Å²) in [4.78, 5) is 51.3. The van der Waals surface area contributed by atoms with Gasteiger partial charge < -0.3 is 20.2 Å². The van der Waals surface area contributed by atoms with Crippen molar-refractivity contribution in [2.75, 3.05) is 23.3 Å². The van der Waals surface area contributed by atoms with Gasteiger partial charge in [-0.3, -0.25) is 19.2 Å². The Morgan fingerprint density at radius 3 is 2.63 bits per heavy atom. The van der Waals surface area contributed by atoms with Crippen LogP contribution in [0.15, 0.2) is 24.3 Å². The summed E-state index contributed by atoms with van der Waals surface area (Å²) in [6.07, 6.45) is 1.16. The van der Waals surface area contributed by atoms with Crippen LogP contribution in [0.25, 0.3) is 0 Å². The third-order valence-corrected chi connectivity index (χ3v) is 5.25. The number of nitrogens with zero attached hydrogens (tertiary/aromatic N) is 2. The number of benzene rings is 1. The van der Waals surface area contributed by atoms with Crippen LogP contribution in [0.4, 0.5) is 11.4 Å². The third kappa shape index (κ3) is 3.94. The van der Waals surface area contributed by atoms with Crippen molar-refractivity contribution in [1.82, 2.24) is 4.90 Å². The zero-order valence-electron chi connectivity index (χ0n) is 15.2. The number of likely N-dealkylation sites (tertiary alicyclic amines) is 1. The minimum Gasteiger partial charge on any atom is -0.481 e. The molecule has 3 amide bonds. The first-order valence-electron chi connectivity index (χ1n) is 9.10. The van der Waals surface area contributed by atoms with Gasteiger partial charge in [-0.2, -0.15) is 0 Å². The molecule has 2 heterocycles. The maximum Gasteiger partial charge on any atom is 0.308 e. The fourth-order valence-corrected chi connectivity index (χ4v) is 3.77. The molecule has 2 atom stereocenters. The van der Waals surface area contributed by atoms with Crippen molar-refractivity contribution in [2.24, 2.45) is 5.92 Å². The van der Waals surface area contributed by atoms with E-state index in [1.807, 2.05) is 0 Å². The molecule has 0 aliphatic carbocycles. The van der Waals surface area contributed by atoms with E-state index < -0.39 is 11.9 Å². The van der Waals surface area contributed by atoms with Crippen LogP contribution in [0, 0.1) is 5.92 Å². The largest absolute Gasteiger partial charge is 0.481 e. The van der Waals surface area contributed by atoms with Crippen molar-refractivity contribution >= 4 is 35.1 Å². The zero-order valence-corrected chi connectivity index (χ0v) is 15.2. The number of aliphatic carboxylic acids is 1. The molecule has 0 unspecified atom stereocenters. The first-order chi connectivity index (χ1) is 12.9. The van der Waals surface area contributed by atoms with E-state index in [0.29, 0.717) is 30.8 Å². The van der Waals surface area contributed by atoms with Gasteiger partial charge in [0.25, 0.3) is 0 Å². The molecule has 1 aromatic carbocycles. The Hall–Kier alpha value is -2.90. The van der Waals surface area contributed by atoms with Crippen LogP contribution in [0.5, 0.6) is 0 Å². The highest BCUT2D eigenvalue weighted by molar-refractivity contribution is 6.10. The Morgan fingerprint density at radius 1 is 1.19 bits per heavy atom. The highest BCUT2D eigenvalue weighted by atomic mass is 16.4. The minimum absolute atomic E-state index is 0.00417. The van der Waals surface area contributed by atoms with E-state index in [2.05, 4.69) is 5.32 Å². The first kappa shape index (κ1) is 18.9. The summed E-state index contributed by atoms with van der Waals surface area (Å²) in [6.45, 7) is 2.17. The lowest BCUT2D eigenvalue weighted by Crippen LogP contribution is -2.49. The van der Waals surface area contributed by atoms with Crippen LogP contribution >= 0.6 is 0 Å². The van der Waals surface area contributed by atoms with E-state index >= 15 is 0 Å². The van der Waals surface area contributed by atoms with Crippen molar-refractivity contribution in [3.05, 3.63) is 24.3 Å². The number of piperidine rings is 1. The van der Waals surface area contributed by atoms with Crippen LogP contribution < -0.4 is 10.2 Å².